The van der Waals surface area contributed by atoms with Crippen molar-refractivity contribution in [1.82, 2.24) is 9.88 Å². The first-order valence-electron chi connectivity index (χ1n) is 8.24. The van der Waals surface area contributed by atoms with Crippen molar-refractivity contribution in [3.8, 4) is 5.75 Å². The Morgan fingerprint density at radius 3 is 2.56 bits per heavy atom. The SMILES string of the molecule is NCCN(Cc1ccc(O)cc1)C(=O)Cc1ccc2cnccc2c1. The van der Waals surface area contributed by atoms with E-state index < -0.39 is 0 Å². The first kappa shape index (κ1) is 16.9. The van der Waals surface area contributed by atoms with Crippen LogP contribution >= 0.6 is 0 Å². The van der Waals surface area contributed by atoms with Gasteiger partial charge in [-0.3, -0.25) is 9.78 Å². The molecule has 0 aliphatic rings. The number of aromatic nitrogens is 1. The molecule has 3 rings (SSSR count). The number of rotatable bonds is 6. The van der Waals surface area contributed by atoms with Crippen LogP contribution in [-0.2, 0) is 17.8 Å². The second-order valence-electron chi connectivity index (χ2n) is 6.00. The largest absolute Gasteiger partial charge is 0.508 e. The van der Waals surface area contributed by atoms with Crippen LogP contribution in [0.4, 0.5) is 0 Å². The maximum atomic E-state index is 12.7. The van der Waals surface area contributed by atoms with Crippen molar-refractivity contribution < 1.29 is 9.90 Å². The fraction of sp³-hybridized carbons (Fsp3) is 0.200. The predicted molar refractivity (Wildman–Crippen MR) is 98.0 cm³/mol. The van der Waals surface area contributed by atoms with Crippen LogP contribution in [0.3, 0.4) is 0 Å². The van der Waals surface area contributed by atoms with Gasteiger partial charge in [0.1, 0.15) is 5.75 Å². The fourth-order valence-corrected chi connectivity index (χ4v) is 2.80. The molecule has 3 aromatic rings. The number of aromatic hydroxyl groups is 1. The molecule has 0 unspecified atom stereocenters. The highest BCUT2D eigenvalue weighted by Gasteiger charge is 2.14. The molecule has 128 valence electrons. The molecule has 0 saturated heterocycles. The lowest BCUT2D eigenvalue weighted by Gasteiger charge is -2.22. The number of carbonyl (C=O) groups excluding carboxylic acids is 1. The Kier molecular flexibility index (Phi) is 5.26. The predicted octanol–water partition coefficient (Wildman–Crippen LogP) is 2.47. The molecule has 5 nitrogen and oxygen atoms in total. The summed E-state index contributed by atoms with van der Waals surface area (Å²) in [6.07, 6.45) is 3.89. The minimum Gasteiger partial charge on any atom is -0.508 e. The van der Waals surface area contributed by atoms with Gasteiger partial charge in [0, 0.05) is 37.4 Å². The second kappa shape index (κ2) is 7.77. The molecule has 0 bridgehead atoms. The summed E-state index contributed by atoms with van der Waals surface area (Å²) in [6, 6.07) is 14.8. The first-order valence-corrected chi connectivity index (χ1v) is 8.24. The fourth-order valence-electron chi connectivity index (χ4n) is 2.80. The minimum atomic E-state index is 0.0342. The number of hydrogen-bond acceptors (Lipinski definition) is 4. The number of fused-ring (bicyclic) bond motifs is 1. The average molecular weight is 335 g/mol. The monoisotopic (exact) mass is 335 g/mol. The Hall–Kier alpha value is -2.92. The van der Waals surface area contributed by atoms with E-state index in [1.807, 2.05) is 42.6 Å². The number of nitrogens with zero attached hydrogens (tertiary/aromatic N) is 2. The van der Waals surface area contributed by atoms with Gasteiger partial charge >= 0.3 is 0 Å². The van der Waals surface area contributed by atoms with Crippen LogP contribution in [0.25, 0.3) is 10.8 Å². The zero-order valence-corrected chi connectivity index (χ0v) is 13.9. The van der Waals surface area contributed by atoms with Crippen LogP contribution in [0.5, 0.6) is 5.75 Å². The highest BCUT2D eigenvalue weighted by atomic mass is 16.3. The zero-order valence-electron chi connectivity index (χ0n) is 13.9. The summed E-state index contributed by atoms with van der Waals surface area (Å²) in [7, 11) is 0. The quantitative estimate of drug-likeness (QED) is 0.725. The summed E-state index contributed by atoms with van der Waals surface area (Å²) in [4.78, 5) is 18.6. The third-order valence-electron chi connectivity index (χ3n) is 4.12. The molecule has 0 saturated carbocycles. The van der Waals surface area contributed by atoms with Gasteiger partial charge in [-0.15, -0.1) is 0 Å². The Bertz CT molecular complexity index is 862. The number of nitrogens with two attached hydrogens (primary N) is 1. The van der Waals surface area contributed by atoms with Gasteiger partial charge in [0.25, 0.3) is 0 Å². The number of carbonyl (C=O) groups is 1. The first-order chi connectivity index (χ1) is 12.2. The highest BCUT2D eigenvalue weighted by Crippen LogP contribution is 2.16. The van der Waals surface area contributed by atoms with Crippen LogP contribution in [0.15, 0.2) is 60.9 Å². The van der Waals surface area contributed by atoms with Crippen molar-refractivity contribution in [2.45, 2.75) is 13.0 Å². The molecule has 0 spiro atoms. The van der Waals surface area contributed by atoms with Gasteiger partial charge < -0.3 is 15.7 Å². The molecule has 2 aromatic carbocycles. The normalized spacial score (nSPS) is 10.8. The van der Waals surface area contributed by atoms with Crippen LogP contribution in [0.1, 0.15) is 11.1 Å². The molecule has 0 radical (unpaired) electrons. The van der Waals surface area contributed by atoms with Gasteiger partial charge in [-0.1, -0.05) is 30.3 Å². The van der Waals surface area contributed by atoms with Crippen molar-refractivity contribution >= 4 is 16.7 Å². The molecule has 25 heavy (non-hydrogen) atoms. The number of pyridine rings is 1. The highest BCUT2D eigenvalue weighted by molar-refractivity contribution is 5.84. The number of amides is 1. The number of hydrogen-bond donors (Lipinski definition) is 2. The number of benzene rings is 2. The van der Waals surface area contributed by atoms with E-state index in [2.05, 4.69) is 4.98 Å². The molecule has 0 atom stereocenters. The zero-order chi connectivity index (χ0) is 17.6. The van der Waals surface area contributed by atoms with Crippen molar-refractivity contribution in [1.29, 1.82) is 0 Å². The molecule has 0 fully saturated rings. The minimum absolute atomic E-state index is 0.0342. The second-order valence-corrected chi connectivity index (χ2v) is 6.00. The van der Waals surface area contributed by atoms with Crippen LogP contribution < -0.4 is 5.73 Å². The van der Waals surface area contributed by atoms with E-state index in [-0.39, 0.29) is 11.7 Å². The van der Waals surface area contributed by atoms with E-state index in [0.717, 1.165) is 21.9 Å². The van der Waals surface area contributed by atoms with Crippen molar-refractivity contribution in [2.24, 2.45) is 5.73 Å². The molecular formula is C20H21N3O2. The van der Waals surface area contributed by atoms with Crippen molar-refractivity contribution in [2.75, 3.05) is 13.1 Å². The molecule has 1 amide bonds. The third-order valence-corrected chi connectivity index (χ3v) is 4.12. The van der Waals surface area contributed by atoms with Crippen molar-refractivity contribution in [3.63, 3.8) is 0 Å². The van der Waals surface area contributed by atoms with E-state index in [1.165, 1.54) is 0 Å². The van der Waals surface area contributed by atoms with E-state index in [0.29, 0.717) is 26.1 Å². The van der Waals surface area contributed by atoms with Gasteiger partial charge in [0.15, 0.2) is 0 Å². The van der Waals surface area contributed by atoms with Gasteiger partial charge in [-0.25, -0.2) is 0 Å². The van der Waals surface area contributed by atoms with E-state index >= 15 is 0 Å². The third kappa shape index (κ3) is 4.33. The van der Waals surface area contributed by atoms with Gasteiger partial charge in [-0.05, 0) is 34.7 Å². The van der Waals surface area contributed by atoms with Gasteiger partial charge in [-0.2, -0.15) is 0 Å². The maximum Gasteiger partial charge on any atom is 0.227 e. The average Bonchev–Trinajstić information content (AvgIpc) is 2.63. The van der Waals surface area contributed by atoms with Gasteiger partial charge in [0.05, 0.1) is 6.42 Å². The smallest absolute Gasteiger partial charge is 0.227 e. The van der Waals surface area contributed by atoms with Crippen molar-refractivity contribution in [3.05, 3.63) is 72.1 Å². The Labute approximate surface area is 146 Å². The van der Waals surface area contributed by atoms with E-state index in [4.69, 9.17) is 5.73 Å². The summed E-state index contributed by atoms with van der Waals surface area (Å²) < 4.78 is 0. The molecule has 0 aliphatic heterocycles. The standard InChI is InChI=1S/C20H21N3O2/c21-8-10-23(14-15-2-5-19(24)6-3-15)20(25)12-16-1-4-18-13-22-9-7-17(18)11-16/h1-7,9,11,13,24H,8,10,12,14,21H2. The van der Waals surface area contributed by atoms with Gasteiger partial charge in [0.2, 0.25) is 5.91 Å². The summed E-state index contributed by atoms with van der Waals surface area (Å²) in [6.45, 7) is 1.39. The molecule has 3 N–H and O–H groups in total. The maximum absolute atomic E-state index is 12.7. The lowest BCUT2D eigenvalue weighted by Crippen LogP contribution is -2.35. The van der Waals surface area contributed by atoms with Crippen LogP contribution in [-0.4, -0.2) is 34.0 Å². The van der Waals surface area contributed by atoms with E-state index in [1.54, 1.807) is 23.2 Å². The summed E-state index contributed by atoms with van der Waals surface area (Å²) in [5.41, 5.74) is 7.60. The number of phenols is 1. The van der Waals surface area contributed by atoms with E-state index in [9.17, 15) is 9.90 Å². The molecule has 1 aromatic heterocycles. The van der Waals surface area contributed by atoms with Crippen LogP contribution in [0.2, 0.25) is 0 Å². The summed E-state index contributed by atoms with van der Waals surface area (Å²) in [5.74, 6) is 0.248. The Morgan fingerprint density at radius 2 is 1.80 bits per heavy atom. The topological polar surface area (TPSA) is 79.5 Å². The lowest BCUT2D eigenvalue weighted by molar-refractivity contribution is -0.131. The van der Waals surface area contributed by atoms with Crippen LogP contribution in [0, 0.1) is 0 Å². The molecular weight excluding hydrogens is 314 g/mol. The Morgan fingerprint density at radius 1 is 1.04 bits per heavy atom. The summed E-state index contributed by atoms with van der Waals surface area (Å²) >= 11 is 0. The molecule has 1 heterocycles. The summed E-state index contributed by atoms with van der Waals surface area (Å²) in [5, 5.41) is 11.5. The molecule has 5 heteroatoms. The lowest BCUT2D eigenvalue weighted by atomic mass is 10.1. The molecule has 0 aliphatic carbocycles. The number of phenolic OH excluding ortho intramolecular Hbond substituents is 1. The Balaban J connectivity index is 1.73.